The lowest BCUT2D eigenvalue weighted by Gasteiger charge is -2.37. The molecule has 1 aliphatic rings. The highest BCUT2D eigenvalue weighted by Crippen LogP contribution is 2.23. The number of hydrogen-bond donors (Lipinski definition) is 5. The van der Waals surface area contributed by atoms with Crippen LogP contribution in [0.2, 0.25) is 0 Å². The summed E-state index contributed by atoms with van der Waals surface area (Å²) in [5.74, 6) is 0. The van der Waals surface area contributed by atoms with Crippen molar-refractivity contribution in [2.45, 2.75) is 29.9 Å². The van der Waals surface area contributed by atoms with Crippen LogP contribution in [0.4, 0.5) is 0 Å². The molecule has 6 heteroatoms. The number of hydrogen-bond acceptors (Lipinski definition) is 6. The quantitative estimate of drug-likeness (QED) is 0.305. The fourth-order valence-electron chi connectivity index (χ4n) is 1.08. The van der Waals surface area contributed by atoms with Crippen LogP contribution in [0.25, 0.3) is 0 Å². The third-order valence-electron chi connectivity index (χ3n) is 1.87. The Hall–Kier alpha value is 0.150. The van der Waals surface area contributed by atoms with Crippen LogP contribution in [0.5, 0.6) is 0 Å². The van der Waals surface area contributed by atoms with Crippen LogP contribution >= 0.6 is 12.6 Å². The van der Waals surface area contributed by atoms with Gasteiger partial charge in [-0.1, -0.05) is 0 Å². The molecule has 1 saturated heterocycles. The van der Waals surface area contributed by atoms with E-state index in [0.29, 0.717) is 0 Å². The largest absolute Gasteiger partial charge is 0.394 e. The fourth-order valence-corrected chi connectivity index (χ4v) is 1.42. The van der Waals surface area contributed by atoms with Crippen LogP contribution in [0.3, 0.4) is 0 Å². The van der Waals surface area contributed by atoms with Crippen molar-refractivity contribution in [3.05, 3.63) is 0 Å². The van der Waals surface area contributed by atoms with E-state index in [1.54, 1.807) is 0 Å². The van der Waals surface area contributed by atoms with Gasteiger partial charge in [0.05, 0.1) is 18.0 Å². The van der Waals surface area contributed by atoms with Crippen LogP contribution in [0.1, 0.15) is 0 Å². The van der Waals surface area contributed by atoms with E-state index >= 15 is 0 Å². The smallest absolute Gasteiger partial charge is 0.182 e. The van der Waals surface area contributed by atoms with Gasteiger partial charge < -0.3 is 25.2 Å². The first-order valence-corrected chi connectivity index (χ1v) is 4.08. The minimum Gasteiger partial charge on any atom is -0.394 e. The summed E-state index contributed by atoms with van der Waals surface area (Å²) in [6.45, 7) is -0.415. The molecule has 0 aromatic rings. The molecule has 12 heavy (non-hydrogen) atoms. The molecular formula is C6H12O5S. The van der Waals surface area contributed by atoms with Gasteiger partial charge in [-0.05, 0) is 0 Å². The van der Waals surface area contributed by atoms with Crippen LogP contribution in [0.15, 0.2) is 0 Å². The number of ether oxygens (including phenoxy) is 1. The minimum absolute atomic E-state index is 0.415. The van der Waals surface area contributed by atoms with Crippen LogP contribution < -0.4 is 0 Å². The van der Waals surface area contributed by atoms with Crippen molar-refractivity contribution in [3.8, 4) is 0 Å². The molecule has 0 unspecified atom stereocenters. The zero-order valence-corrected chi connectivity index (χ0v) is 7.13. The van der Waals surface area contributed by atoms with Crippen LogP contribution in [-0.2, 0) is 4.74 Å². The van der Waals surface area contributed by atoms with E-state index in [2.05, 4.69) is 17.4 Å². The Bertz CT molecular complexity index is 150. The predicted octanol–water partition coefficient (Wildman–Crippen LogP) is -2.28. The molecule has 1 rings (SSSR count). The van der Waals surface area contributed by atoms with E-state index in [0.717, 1.165) is 0 Å². The van der Waals surface area contributed by atoms with Gasteiger partial charge in [-0.2, -0.15) is 12.6 Å². The van der Waals surface area contributed by atoms with Crippen molar-refractivity contribution in [3.63, 3.8) is 0 Å². The van der Waals surface area contributed by atoms with Gasteiger partial charge in [0.2, 0.25) is 0 Å². The van der Waals surface area contributed by atoms with Gasteiger partial charge in [-0.15, -0.1) is 0 Å². The highest BCUT2D eigenvalue weighted by atomic mass is 32.1. The molecule has 5 nitrogen and oxygen atoms in total. The molecule has 0 radical (unpaired) electrons. The van der Waals surface area contributed by atoms with E-state index < -0.39 is 36.5 Å². The zero-order valence-electron chi connectivity index (χ0n) is 6.24. The van der Waals surface area contributed by atoms with Gasteiger partial charge in [0.25, 0.3) is 0 Å². The van der Waals surface area contributed by atoms with Crippen molar-refractivity contribution in [1.82, 2.24) is 0 Å². The number of aliphatic hydroxyl groups excluding tert-OH is 4. The molecule has 4 N–H and O–H groups in total. The SMILES string of the molecule is OC[C@H]1O[C@H](O)[C@@H](O)[C@@H](S)[C@@H]1O. The molecule has 0 aromatic heterocycles. The first-order valence-electron chi connectivity index (χ1n) is 3.56. The van der Waals surface area contributed by atoms with Crippen molar-refractivity contribution in [2.24, 2.45) is 0 Å². The summed E-state index contributed by atoms with van der Waals surface area (Å²) in [6.07, 6.45) is -4.58. The summed E-state index contributed by atoms with van der Waals surface area (Å²) in [7, 11) is 0. The Labute approximate surface area is 75.0 Å². The molecule has 0 aromatic carbocycles. The van der Waals surface area contributed by atoms with Gasteiger partial charge in [0.1, 0.15) is 12.2 Å². The maximum Gasteiger partial charge on any atom is 0.182 e. The second-order valence-corrected chi connectivity index (χ2v) is 3.32. The average molecular weight is 196 g/mol. The summed E-state index contributed by atoms with van der Waals surface area (Å²) in [6, 6.07) is 0. The highest BCUT2D eigenvalue weighted by Gasteiger charge is 2.41. The number of rotatable bonds is 1. The minimum atomic E-state index is -1.40. The van der Waals surface area contributed by atoms with Crippen LogP contribution in [0, 0.1) is 0 Å². The standard InChI is InChI=1S/C6H12O5S/c7-1-2-3(8)5(12)4(9)6(10)11-2/h2-10,12H,1H2/t2-,3-,4+,5+,6+/m1/s1. The highest BCUT2D eigenvalue weighted by molar-refractivity contribution is 7.81. The van der Waals surface area contributed by atoms with E-state index in [9.17, 15) is 5.11 Å². The Morgan fingerprint density at radius 2 is 1.75 bits per heavy atom. The lowest BCUT2D eigenvalue weighted by Crippen LogP contribution is -2.56. The molecule has 5 atom stereocenters. The maximum atomic E-state index is 9.29. The van der Waals surface area contributed by atoms with Crippen molar-refractivity contribution < 1.29 is 25.2 Å². The molecule has 1 aliphatic heterocycles. The maximum absolute atomic E-state index is 9.29. The lowest BCUT2D eigenvalue weighted by atomic mass is 10.0. The monoisotopic (exact) mass is 196 g/mol. The molecule has 0 saturated carbocycles. The normalized spacial score (nSPS) is 49.2. The van der Waals surface area contributed by atoms with Crippen LogP contribution in [-0.4, -0.2) is 56.9 Å². The van der Waals surface area contributed by atoms with E-state index in [-0.39, 0.29) is 0 Å². The van der Waals surface area contributed by atoms with Gasteiger partial charge in [-0.3, -0.25) is 0 Å². The summed E-state index contributed by atoms with van der Waals surface area (Å²) in [5.41, 5.74) is 0. The summed E-state index contributed by atoms with van der Waals surface area (Å²) in [4.78, 5) is 0. The molecule has 0 aliphatic carbocycles. The van der Waals surface area contributed by atoms with Gasteiger partial charge in [0.15, 0.2) is 6.29 Å². The summed E-state index contributed by atoms with van der Waals surface area (Å²) < 4.78 is 4.69. The fraction of sp³-hybridized carbons (Fsp3) is 1.00. The van der Waals surface area contributed by atoms with Gasteiger partial charge in [0, 0.05) is 0 Å². The molecule has 1 heterocycles. The Balaban J connectivity index is 2.63. The molecular weight excluding hydrogens is 184 g/mol. The number of thiol groups is 1. The summed E-state index contributed by atoms with van der Waals surface area (Å²) in [5, 5.41) is 35.3. The molecule has 0 bridgehead atoms. The molecule has 0 amide bonds. The first-order chi connectivity index (χ1) is 5.57. The third kappa shape index (κ3) is 1.73. The van der Waals surface area contributed by atoms with Gasteiger partial charge in [-0.25, -0.2) is 0 Å². The third-order valence-corrected chi connectivity index (χ3v) is 2.48. The van der Waals surface area contributed by atoms with Crippen molar-refractivity contribution in [2.75, 3.05) is 6.61 Å². The van der Waals surface area contributed by atoms with E-state index in [1.165, 1.54) is 0 Å². The second kappa shape index (κ2) is 3.91. The summed E-state index contributed by atoms with van der Waals surface area (Å²) >= 11 is 3.87. The van der Waals surface area contributed by atoms with Crippen molar-refractivity contribution in [1.29, 1.82) is 0 Å². The molecule has 0 spiro atoms. The molecule has 1 fully saturated rings. The molecule has 72 valence electrons. The Kier molecular flexibility index (Phi) is 3.33. The van der Waals surface area contributed by atoms with E-state index in [1.807, 2.05) is 0 Å². The topological polar surface area (TPSA) is 90.2 Å². The average Bonchev–Trinajstić information content (AvgIpc) is 2.08. The number of aliphatic hydroxyl groups is 4. The van der Waals surface area contributed by atoms with E-state index in [4.69, 9.17) is 15.3 Å². The lowest BCUT2D eigenvalue weighted by molar-refractivity contribution is -0.247. The zero-order chi connectivity index (χ0) is 9.30. The van der Waals surface area contributed by atoms with Gasteiger partial charge >= 0.3 is 0 Å². The first kappa shape index (κ1) is 10.2. The predicted molar refractivity (Wildman–Crippen MR) is 42.8 cm³/mol. The Morgan fingerprint density at radius 3 is 2.25 bits per heavy atom. The van der Waals surface area contributed by atoms with Crippen molar-refractivity contribution >= 4 is 12.6 Å². The Morgan fingerprint density at radius 1 is 1.17 bits per heavy atom. The second-order valence-electron chi connectivity index (χ2n) is 2.72.